The van der Waals surface area contributed by atoms with Gasteiger partial charge in [0.2, 0.25) is 5.78 Å². The first-order valence-corrected chi connectivity index (χ1v) is 7.73. The van der Waals surface area contributed by atoms with Crippen LogP contribution < -0.4 is 0 Å². The van der Waals surface area contributed by atoms with Crippen molar-refractivity contribution in [3.05, 3.63) is 56.9 Å². The molecule has 1 aromatic carbocycles. The van der Waals surface area contributed by atoms with E-state index in [9.17, 15) is 4.79 Å². The maximum Gasteiger partial charge on any atom is 0.266 e. The van der Waals surface area contributed by atoms with Crippen LogP contribution in [0, 0.1) is 0 Å². The standard InChI is InChI=1S/C17H13Cl2NO4/c1-22-17(23-2)15(21)6-5-14-16(17)13(20-24-14)4-3-10-7-11(18)9-12(19)8-10/h3-9H,1-2H3/b4-3+. The first-order valence-electron chi connectivity index (χ1n) is 6.97. The Morgan fingerprint density at radius 3 is 2.38 bits per heavy atom. The Morgan fingerprint density at radius 1 is 1.08 bits per heavy atom. The lowest BCUT2D eigenvalue weighted by molar-refractivity contribution is -0.209. The second kappa shape index (κ2) is 6.53. The average molecular weight is 366 g/mol. The number of halogens is 2. The zero-order chi connectivity index (χ0) is 17.3. The Balaban J connectivity index is 2.06. The first kappa shape index (κ1) is 16.9. The summed E-state index contributed by atoms with van der Waals surface area (Å²) in [6.07, 6.45) is 6.32. The van der Waals surface area contributed by atoms with E-state index in [2.05, 4.69) is 5.16 Å². The SMILES string of the molecule is COC1(OC)C(=O)C=Cc2onc(/C=C/c3cc(Cl)cc(Cl)c3)c21. The highest BCUT2D eigenvalue weighted by atomic mass is 35.5. The summed E-state index contributed by atoms with van der Waals surface area (Å²) in [6.45, 7) is 0. The molecule has 1 aromatic heterocycles. The Labute approximate surface area is 148 Å². The van der Waals surface area contributed by atoms with Gasteiger partial charge in [0.25, 0.3) is 5.79 Å². The largest absolute Gasteiger partial charge is 0.356 e. The third-order valence-electron chi connectivity index (χ3n) is 3.68. The fourth-order valence-corrected chi connectivity index (χ4v) is 3.14. The lowest BCUT2D eigenvalue weighted by Crippen LogP contribution is -2.41. The monoisotopic (exact) mass is 365 g/mol. The highest BCUT2D eigenvalue weighted by molar-refractivity contribution is 6.34. The number of carbonyl (C=O) groups is 1. The molecule has 0 saturated heterocycles. The molecule has 0 radical (unpaired) electrons. The van der Waals surface area contributed by atoms with Crippen molar-refractivity contribution in [2.45, 2.75) is 5.79 Å². The van der Waals surface area contributed by atoms with Crippen LogP contribution in [0.5, 0.6) is 0 Å². The van der Waals surface area contributed by atoms with Gasteiger partial charge in [0.1, 0.15) is 5.69 Å². The Hall–Kier alpha value is -1.92. The molecule has 1 aliphatic carbocycles. The van der Waals surface area contributed by atoms with Crippen molar-refractivity contribution < 1.29 is 18.8 Å². The van der Waals surface area contributed by atoms with Crippen molar-refractivity contribution in [3.8, 4) is 0 Å². The minimum Gasteiger partial charge on any atom is -0.356 e. The van der Waals surface area contributed by atoms with Gasteiger partial charge in [-0.05, 0) is 42.0 Å². The van der Waals surface area contributed by atoms with Gasteiger partial charge < -0.3 is 14.0 Å². The Morgan fingerprint density at radius 2 is 1.75 bits per heavy atom. The summed E-state index contributed by atoms with van der Waals surface area (Å²) in [7, 11) is 2.78. The molecule has 0 N–H and O–H groups in total. The summed E-state index contributed by atoms with van der Waals surface area (Å²) in [5.41, 5.74) is 1.62. The number of rotatable bonds is 4. The van der Waals surface area contributed by atoms with Crippen LogP contribution in [-0.4, -0.2) is 25.2 Å². The van der Waals surface area contributed by atoms with Gasteiger partial charge in [-0.1, -0.05) is 34.4 Å². The number of carbonyl (C=O) groups excluding carboxylic acids is 1. The second-order valence-electron chi connectivity index (χ2n) is 5.07. The fraction of sp³-hybridized carbons (Fsp3) is 0.176. The minimum absolute atomic E-state index is 0.344. The van der Waals surface area contributed by atoms with E-state index in [4.69, 9.17) is 37.2 Å². The number of hydrogen-bond donors (Lipinski definition) is 0. The van der Waals surface area contributed by atoms with E-state index < -0.39 is 5.79 Å². The number of benzene rings is 1. The summed E-state index contributed by atoms with van der Waals surface area (Å²) >= 11 is 12.0. The molecule has 7 heteroatoms. The molecule has 0 atom stereocenters. The fourth-order valence-electron chi connectivity index (χ4n) is 2.59. The molecule has 0 spiro atoms. The van der Waals surface area contributed by atoms with Crippen LogP contribution in [0.3, 0.4) is 0 Å². The molecule has 1 heterocycles. The third kappa shape index (κ3) is 2.80. The van der Waals surface area contributed by atoms with E-state index in [1.807, 2.05) is 0 Å². The van der Waals surface area contributed by atoms with Crippen molar-refractivity contribution in [1.82, 2.24) is 5.16 Å². The van der Waals surface area contributed by atoms with Gasteiger partial charge in [0, 0.05) is 24.3 Å². The summed E-state index contributed by atoms with van der Waals surface area (Å²) in [6, 6.07) is 5.14. The predicted octanol–water partition coefficient (Wildman–Crippen LogP) is 4.19. The van der Waals surface area contributed by atoms with Crippen LogP contribution in [0.25, 0.3) is 18.2 Å². The molecular weight excluding hydrogens is 353 g/mol. The lowest BCUT2D eigenvalue weighted by atomic mass is 9.93. The maximum absolute atomic E-state index is 12.3. The number of fused-ring (bicyclic) bond motifs is 1. The van der Waals surface area contributed by atoms with E-state index in [0.717, 1.165) is 5.56 Å². The van der Waals surface area contributed by atoms with Crippen molar-refractivity contribution in [3.63, 3.8) is 0 Å². The van der Waals surface area contributed by atoms with Crippen molar-refractivity contribution in [1.29, 1.82) is 0 Å². The highest BCUT2D eigenvalue weighted by Crippen LogP contribution is 2.38. The topological polar surface area (TPSA) is 61.6 Å². The highest BCUT2D eigenvalue weighted by Gasteiger charge is 2.47. The summed E-state index contributed by atoms with van der Waals surface area (Å²) in [5, 5.41) is 5.03. The molecule has 3 rings (SSSR count). The molecule has 2 aromatic rings. The van der Waals surface area contributed by atoms with Gasteiger partial charge in [0.05, 0.1) is 5.56 Å². The molecule has 0 unspecified atom stereocenters. The number of ether oxygens (including phenoxy) is 2. The zero-order valence-corrected chi connectivity index (χ0v) is 14.4. The number of hydrogen-bond acceptors (Lipinski definition) is 5. The summed E-state index contributed by atoms with van der Waals surface area (Å²) < 4.78 is 16.0. The molecule has 0 saturated carbocycles. The molecule has 1 aliphatic rings. The van der Waals surface area contributed by atoms with Crippen LogP contribution in [0.15, 0.2) is 28.8 Å². The van der Waals surface area contributed by atoms with Gasteiger partial charge in [-0.15, -0.1) is 0 Å². The van der Waals surface area contributed by atoms with Crippen molar-refractivity contribution in [2.24, 2.45) is 0 Å². The number of methoxy groups -OCH3 is 2. The van der Waals surface area contributed by atoms with Gasteiger partial charge in [0.15, 0.2) is 5.76 Å². The molecule has 5 nitrogen and oxygen atoms in total. The summed E-state index contributed by atoms with van der Waals surface area (Å²) in [5.74, 6) is -1.51. The van der Waals surface area contributed by atoms with Gasteiger partial charge in [-0.3, -0.25) is 4.79 Å². The molecular formula is C17H13Cl2NO4. The summed E-state index contributed by atoms with van der Waals surface area (Å²) in [4.78, 5) is 12.3. The Bertz CT molecular complexity index is 830. The van der Waals surface area contributed by atoms with Gasteiger partial charge in [-0.25, -0.2) is 0 Å². The Kier molecular flexibility index (Phi) is 4.60. The van der Waals surface area contributed by atoms with Crippen LogP contribution in [-0.2, 0) is 20.1 Å². The third-order valence-corrected chi connectivity index (χ3v) is 4.11. The quantitative estimate of drug-likeness (QED) is 0.760. The second-order valence-corrected chi connectivity index (χ2v) is 5.94. The van der Waals surface area contributed by atoms with E-state index >= 15 is 0 Å². The predicted molar refractivity (Wildman–Crippen MR) is 91.6 cm³/mol. The number of ketones is 1. The van der Waals surface area contributed by atoms with E-state index in [1.54, 1.807) is 30.4 Å². The van der Waals surface area contributed by atoms with Crippen LogP contribution in [0.4, 0.5) is 0 Å². The first-order chi connectivity index (χ1) is 11.5. The zero-order valence-electron chi connectivity index (χ0n) is 12.9. The van der Waals surface area contributed by atoms with E-state index in [0.29, 0.717) is 27.1 Å². The van der Waals surface area contributed by atoms with E-state index in [1.165, 1.54) is 26.4 Å². The maximum atomic E-state index is 12.3. The average Bonchev–Trinajstić information content (AvgIpc) is 2.96. The van der Waals surface area contributed by atoms with E-state index in [-0.39, 0.29) is 5.78 Å². The number of aromatic nitrogens is 1. The number of nitrogens with zero attached hydrogens (tertiary/aromatic N) is 1. The molecule has 24 heavy (non-hydrogen) atoms. The minimum atomic E-state index is -1.57. The van der Waals surface area contributed by atoms with Crippen LogP contribution in [0.1, 0.15) is 22.6 Å². The van der Waals surface area contributed by atoms with Crippen molar-refractivity contribution in [2.75, 3.05) is 14.2 Å². The van der Waals surface area contributed by atoms with Gasteiger partial charge in [-0.2, -0.15) is 0 Å². The molecule has 0 amide bonds. The molecule has 0 fully saturated rings. The molecule has 0 bridgehead atoms. The van der Waals surface area contributed by atoms with Gasteiger partial charge >= 0.3 is 0 Å². The van der Waals surface area contributed by atoms with Crippen LogP contribution >= 0.6 is 23.2 Å². The normalized spacial score (nSPS) is 15.9. The molecule has 0 aliphatic heterocycles. The lowest BCUT2D eigenvalue weighted by Gasteiger charge is -2.29. The van der Waals surface area contributed by atoms with Crippen LogP contribution in [0.2, 0.25) is 10.0 Å². The van der Waals surface area contributed by atoms with Crippen molar-refractivity contribution >= 4 is 47.2 Å². The molecule has 124 valence electrons. The smallest absolute Gasteiger partial charge is 0.266 e.